The first kappa shape index (κ1) is 34.0. The molecule has 5 aromatic rings. The molecule has 1 atom stereocenters. The van der Waals surface area contributed by atoms with Crippen molar-refractivity contribution in [2.75, 3.05) is 47.8 Å². The number of benzene rings is 5. The first-order chi connectivity index (χ1) is 22.7. The molecule has 0 saturated carbocycles. The third kappa shape index (κ3) is 7.64. The lowest BCUT2D eigenvalue weighted by Gasteiger charge is -2.27. The van der Waals surface area contributed by atoms with Crippen molar-refractivity contribution >= 4 is 38.0 Å². The monoisotopic (exact) mass is 649 g/mol. The Kier molecular flexibility index (Phi) is 10.9. The number of nitrogens with one attached hydrogen (secondary N) is 1. The molecular weight excluding hydrogens is 603 g/mol. The lowest BCUT2D eigenvalue weighted by atomic mass is 9.80. The third-order valence-corrected chi connectivity index (χ3v) is 10.1. The van der Waals surface area contributed by atoms with Gasteiger partial charge in [-0.05, 0) is 117 Å². The highest BCUT2D eigenvalue weighted by Gasteiger charge is 2.24. The van der Waals surface area contributed by atoms with Crippen molar-refractivity contribution in [1.29, 1.82) is 0 Å². The predicted molar refractivity (Wildman–Crippen MR) is 198 cm³/mol. The van der Waals surface area contributed by atoms with Gasteiger partial charge in [0.15, 0.2) is 0 Å². The minimum absolute atomic E-state index is 0.107. The molecule has 0 aromatic heterocycles. The number of aryl methyl sites for hydroxylation is 1. The van der Waals surface area contributed by atoms with Crippen LogP contribution in [-0.2, 0) is 16.5 Å². The Morgan fingerprint density at radius 3 is 1.91 bits per heavy atom. The fraction of sp³-hybridized carbons (Fsp3) is 0.300. The summed E-state index contributed by atoms with van der Waals surface area (Å²) in [5.41, 5.74) is 9.06. The van der Waals surface area contributed by atoms with Crippen LogP contribution in [0.15, 0.2) is 108 Å². The van der Waals surface area contributed by atoms with Crippen LogP contribution in [0.1, 0.15) is 61.4 Å². The van der Waals surface area contributed by atoms with Crippen LogP contribution in [0, 0.1) is 6.92 Å². The van der Waals surface area contributed by atoms with Crippen LogP contribution in [-0.4, -0.2) is 45.7 Å². The van der Waals surface area contributed by atoms with Crippen molar-refractivity contribution in [3.63, 3.8) is 0 Å². The Hall–Kier alpha value is -4.33. The lowest BCUT2D eigenvalue weighted by molar-refractivity contribution is 0.483. The van der Waals surface area contributed by atoms with Crippen molar-refractivity contribution in [3.8, 4) is 0 Å². The summed E-state index contributed by atoms with van der Waals surface area (Å²) in [6, 6.07) is 35.0. The summed E-state index contributed by atoms with van der Waals surface area (Å²) < 4.78 is 34.6. The van der Waals surface area contributed by atoms with Crippen LogP contribution < -0.4 is 15.1 Å². The standard InChI is InChI=1S/C40H47N3O3S/c1-6-42(7-2)32-17-15-31(16-18-32)40(35-21-19-33(27-29(35)5)43(8-3)9-4)37-23-24-39(41-26-25-30-13-11-10-12-14-30)38-28-34(47(44,45)46)20-22-36(37)38/h10-24,27-28,40-41H,6-9,25-26H2,1-5H3,(H,44,45,46). The molecule has 0 spiro atoms. The minimum Gasteiger partial charge on any atom is -0.384 e. The normalized spacial score (nSPS) is 12.2. The van der Waals surface area contributed by atoms with Crippen LogP contribution in [0.3, 0.4) is 0 Å². The SMILES string of the molecule is CCN(CC)c1ccc(C(c2ccc(N(CC)CC)cc2C)c2ccc(NCCc3ccccc3)c3cc(S(=O)(=O)O)ccc23)cc1. The van der Waals surface area contributed by atoms with Gasteiger partial charge in [-0.3, -0.25) is 4.55 Å². The molecule has 5 aromatic carbocycles. The second-order valence-electron chi connectivity index (χ2n) is 12.0. The van der Waals surface area contributed by atoms with Gasteiger partial charge in [-0.1, -0.05) is 60.7 Å². The Morgan fingerprint density at radius 1 is 0.681 bits per heavy atom. The first-order valence-electron chi connectivity index (χ1n) is 16.7. The van der Waals surface area contributed by atoms with Gasteiger partial charge in [-0.2, -0.15) is 8.42 Å². The van der Waals surface area contributed by atoms with E-state index in [0.717, 1.165) is 60.2 Å². The van der Waals surface area contributed by atoms with Gasteiger partial charge < -0.3 is 15.1 Å². The molecule has 0 saturated heterocycles. The molecule has 0 fully saturated rings. The average Bonchev–Trinajstić information content (AvgIpc) is 3.08. The molecule has 0 amide bonds. The van der Waals surface area contributed by atoms with Crippen molar-refractivity contribution in [3.05, 3.63) is 131 Å². The summed E-state index contributed by atoms with van der Waals surface area (Å²) in [5.74, 6) is -0.107. The Labute approximate surface area is 280 Å². The molecule has 1 unspecified atom stereocenters. The number of rotatable bonds is 14. The van der Waals surface area contributed by atoms with E-state index in [2.05, 4.69) is 110 Å². The molecule has 5 rings (SSSR count). The lowest BCUT2D eigenvalue weighted by Crippen LogP contribution is -2.22. The van der Waals surface area contributed by atoms with Crippen LogP contribution in [0.4, 0.5) is 17.1 Å². The van der Waals surface area contributed by atoms with Gasteiger partial charge in [-0.25, -0.2) is 0 Å². The zero-order valence-corrected chi connectivity index (χ0v) is 29.0. The molecule has 0 bridgehead atoms. The van der Waals surface area contributed by atoms with Gasteiger partial charge in [0.05, 0.1) is 4.90 Å². The quantitative estimate of drug-likeness (QED) is 0.0925. The molecule has 246 valence electrons. The largest absolute Gasteiger partial charge is 0.384 e. The Balaban J connectivity index is 1.67. The number of nitrogens with zero attached hydrogens (tertiary/aromatic N) is 2. The van der Waals surface area contributed by atoms with E-state index in [1.54, 1.807) is 6.07 Å². The molecule has 0 heterocycles. The zero-order chi connectivity index (χ0) is 33.6. The highest BCUT2D eigenvalue weighted by atomic mass is 32.2. The summed E-state index contributed by atoms with van der Waals surface area (Å²) in [5, 5.41) is 5.24. The zero-order valence-electron chi connectivity index (χ0n) is 28.2. The number of hydrogen-bond acceptors (Lipinski definition) is 5. The Bertz CT molecular complexity index is 1900. The van der Waals surface area contributed by atoms with Crippen molar-refractivity contribution in [1.82, 2.24) is 0 Å². The van der Waals surface area contributed by atoms with Crippen molar-refractivity contribution in [2.45, 2.75) is 51.9 Å². The molecule has 0 aliphatic rings. The topological polar surface area (TPSA) is 72.9 Å². The van der Waals surface area contributed by atoms with E-state index in [-0.39, 0.29) is 10.8 Å². The van der Waals surface area contributed by atoms with Gasteiger partial charge in [0.1, 0.15) is 0 Å². The highest BCUT2D eigenvalue weighted by molar-refractivity contribution is 7.85. The van der Waals surface area contributed by atoms with Crippen molar-refractivity contribution < 1.29 is 13.0 Å². The second kappa shape index (κ2) is 15.1. The van der Waals surface area contributed by atoms with Gasteiger partial charge in [0, 0.05) is 61.1 Å². The fourth-order valence-electron chi connectivity index (χ4n) is 6.67. The summed E-state index contributed by atoms with van der Waals surface area (Å²) in [7, 11) is -4.39. The molecule has 0 aliphatic carbocycles. The summed E-state index contributed by atoms with van der Waals surface area (Å²) in [6.07, 6.45) is 0.821. The molecule has 2 N–H and O–H groups in total. The van der Waals surface area contributed by atoms with E-state index in [1.807, 2.05) is 30.3 Å². The van der Waals surface area contributed by atoms with Gasteiger partial charge in [0.25, 0.3) is 10.1 Å². The maximum atomic E-state index is 12.3. The fourth-order valence-corrected chi connectivity index (χ4v) is 7.17. The molecular formula is C40H47N3O3S. The smallest absolute Gasteiger partial charge is 0.294 e. The van der Waals surface area contributed by atoms with Gasteiger partial charge in [-0.15, -0.1) is 0 Å². The number of hydrogen-bond donors (Lipinski definition) is 2. The van der Waals surface area contributed by atoms with E-state index in [9.17, 15) is 13.0 Å². The molecule has 7 heteroatoms. The number of fused-ring (bicyclic) bond motifs is 1. The van der Waals surface area contributed by atoms with E-state index in [4.69, 9.17) is 0 Å². The molecule has 0 radical (unpaired) electrons. The predicted octanol–water partition coefficient (Wildman–Crippen LogP) is 8.92. The molecule has 0 aliphatic heterocycles. The maximum Gasteiger partial charge on any atom is 0.294 e. The van der Waals surface area contributed by atoms with Gasteiger partial charge >= 0.3 is 0 Å². The molecule has 47 heavy (non-hydrogen) atoms. The second-order valence-corrected chi connectivity index (χ2v) is 13.4. The van der Waals surface area contributed by atoms with Crippen LogP contribution in [0.25, 0.3) is 10.8 Å². The van der Waals surface area contributed by atoms with Crippen LogP contribution in [0.5, 0.6) is 0 Å². The summed E-state index contributed by atoms with van der Waals surface area (Å²) >= 11 is 0. The highest BCUT2D eigenvalue weighted by Crippen LogP contribution is 2.41. The van der Waals surface area contributed by atoms with Crippen LogP contribution >= 0.6 is 0 Å². The van der Waals surface area contributed by atoms with E-state index in [1.165, 1.54) is 34.1 Å². The van der Waals surface area contributed by atoms with Crippen LogP contribution in [0.2, 0.25) is 0 Å². The van der Waals surface area contributed by atoms with E-state index < -0.39 is 10.1 Å². The maximum absolute atomic E-state index is 12.3. The third-order valence-electron chi connectivity index (χ3n) is 9.25. The molecule has 6 nitrogen and oxygen atoms in total. The van der Waals surface area contributed by atoms with Crippen molar-refractivity contribution in [2.24, 2.45) is 0 Å². The van der Waals surface area contributed by atoms with Gasteiger partial charge in [0.2, 0.25) is 0 Å². The summed E-state index contributed by atoms with van der Waals surface area (Å²) in [4.78, 5) is 4.57. The summed E-state index contributed by atoms with van der Waals surface area (Å²) in [6.45, 7) is 15.3. The number of anilines is 3. The first-order valence-corrected chi connectivity index (χ1v) is 18.1. The Morgan fingerprint density at radius 2 is 1.30 bits per heavy atom. The average molecular weight is 650 g/mol. The van der Waals surface area contributed by atoms with E-state index in [0.29, 0.717) is 6.54 Å². The minimum atomic E-state index is -4.39. The van der Waals surface area contributed by atoms with E-state index >= 15 is 0 Å².